The molecular formula is C17H18N2O4S. The van der Waals surface area contributed by atoms with Crippen LogP contribution in [0.2, 0.25) is 0 Å². The number of amides is 2. The molecule has 1 saturated heterocycles. The Morgan fingerprint density at radius 1 is 1.38 bits per heavy atom. The van der Waals surface area contributed by atoms with Crippen molar-refractivity contribution in [2.45, 2.75) is 24.7 Å². The Hall–Kier alpha value is -2.41. The second-order valence-electron chi connectivity index (χ2n) is 5.58. The Kier molecular flexibility index (Phi) is 4.80. The molecular weight excluding hydrogens is 328 g/mol. The summed E-state index contributed by atoms with van der Waals surface area (Å²) in [5, 5.41) is 2.73. The quantitative estimate of drug-likeness (QED) is 0.902. The first-order valence-corrected chi connectivity index (χ1v) is 8.99. The average Bonchev–Trinajstić information content (AvgIpc) is 3.15. The molecule has 1 fully saturated rings. The molecule has 0 radical (unpaired) electrons. The minimum Gasteiger partial charge on any atom is -0.468 e. The highest BCUT2D eigenvalue weighted by Gasteiger charge is 2.22. The lowest BCUT2D eigenvalue weighted by Crippen LogP contribution is -2.24. The van der Waals surface area contributed by atoms with E-state index in [1.54, 1.807) is 36.1 Å². The number of carbonyl (C=O) groups excluding carboxylic acids is 2. The molecule has 0 bridgehead atoms. The molecule has 0 saturated carbocycles. The summed E-state index contributed by atoms with van der Waals surface area (Å²) in [5.74, 6) is 0.150. The first-order valence-electron chi connectivity index (χ1n) is 7.67. The van der Waals surface area contributed by atoms with E-state index in [0.29, 0.717) is 29.3 Å². The van der Waals surface area contributed by atoms with Crippen LogP contribution in [-0.4, -0.2) is 28.3 Å². The summed E-state index contributed by atoms with van der Waals surface area (Å²) in [6.07, 6.45) is 2.86. The van der Waals surface area contributed by atoms with Crippen molar-refractivity contribution >= 4 is 34.0 Å². The number of hydrogen-bond acceptors (Lipinski definition) is 4. The fraction of sp³-hybridized carbons (Fsp3) is 0.294. The fourth-order valence-electron chi connectivity index (χ4n) is 2.68. The summed E-state index contributed by atoms with van der Waals surface area (Å²) in [5.41, 5.74) is 1.35. The monoisotopic (exact) mass is 346 g/mol. The van der Waals surface area contributed by atoms with Gasteiger partial charge in [-0.3, -0.25) is 13.8 Å². The highest BCUT2D eigenvalue weighted by molar-refractivity contribution is 7.85. The maximum absolute atomic E-state index is 12.2. The summed E-state index contributed by atoms with van der Waals surface area (Å²) < 4.78 is 17.3. The van der Waals surface area contributed by atoms with Crippen molar-refractivity contribution in [3.63, 3.8) is 0 Å². The van der Waals surface area contributed by atoms with Crippen molar-refractivity contribution in [3.05, 3.63) is 42.4 Å². The van der Waals surface area contributed by atoms with Crippen molar-refractivity contribution in [3.8, 4) is 0 Å². The molecule has 0 unspecified atom stereocenters. The molecule has 126 valence electrons. The molecule has 1 aromatic carbocycles. The smallest absolute Gasteiger partial charge is 0.237 e. The predicted molar refractivity (Wildman–Crippen MR) is 91.4 cm³/mol. The van der Waals surface area contributed by atoms with E-state index >= 15 is 0 Å². The number of furan rings is 1. The number of aryl methyl sites for hydroxylation is 1. The molecule has 0 aliphatic carbocycles. The maximum atomic E-state index is 12.2. The van der Waals surface area contributed by atoms with Gasteiger partial charge in [0.25, 0.3) is 0 Å². The molecule has 1 aromatic heterocycles. The van der Waals surface area contributed by atoms with Crippen LogP contribution in [-0.2, 0) is 20.4 Å². The highest BCUT2D eigenvalue weighted by atomic mass is 32.2. The van der Waals surface area contributed by atoms with Crippen molar-refractivity contribution in [2.75, 3.05) is 22.5 Å². The Morgan fingerprint density at radius 3 is 2.88 bits per heavy atom. The Bertz CT molecular complexity index is 799. The van der Waals surface area contributed by atoms with Crippen molar-refractivity contribution < 1.29 is 18.2 Å². The molecule has 0 spiro atoms. The topological polar surface area (TPSA) is 79.6 Å². The van der Waals surface area contributed by atoms with E-state index in [2.05, 4.69) is 5.32 Å². The predicted octanol–water partition coefficient (Wildman–Crippen LogP) is 2.46. The van der Waals surface area contributed by atoms with Gasteiger partial charge in [0.2, 0.25) is 11.8 Å². The standard InChI is InChI=1S/C17H18N2O4S/c1-12-15(7-9-23-12)24(22)11-16(20)18-13-4-2-5-14(10-13)19-8-3-6-17(19)21/h2,4-5,7,9-10H,3,6,8,11H2,1H3,(H,18,20)/t24-/m1/s1. The van der Waals surface area contributed by atoms with Crippen LogP contribution >= 0.6 is 0 Å². The van der Waals surface area contributed by atoms with Gasteiger partial charge in [-0.1, -0.05) is 6.07 Å². The van der Waals surface area contributed by atoms with E-state index in [-0.39, 0.29) is 17.6 Å². The zero-order valence-corrected chi connectivity index (χ0v) is 14.1. The number of nitrogens with one attached hydrogen (secondary N) is 1. The minimum absolute atomic E-state index is 0.0926. The zero-order chi connectivity index (χ0) is 17.1. The lowest BCUT2D eigenvalue weighted by atomic mass is 10.2. The van der Waals surface area contributed by atoms with E-state index in [1.807, 2.05) is 6.07 Å². The van der Waals surface area contributed by atoms with Crippen molar-refractivity contribution in [1.29, 1.82) is 0 Å². The summed E-state index contributed by atoms with van der Waals surface area (Å²) in [4.78, 5) is 26.2. The Labute approximate surface area is 142 Å². The van der Waals surface area contributed by atoms with Crippen LogP contribution < -0.4 is 10.2 Å². The summed E-state index contributed by atoms with van der Waals surface area (Å²) in [6.45, 7) is 2.40. The zero-order valence-electron chi connectivity index (χ0n) is 13.3. The van der Waals surface area contributed by atoms with Crippen molar-refractivity contribution in [2.24, 2.45) is 0 Å². The second-order valence-corrected chi connectivity index (χ2v) is 7.00. The van der Waals surface area contributed by atoms with Gasteiger partial charge in [-0.2, -0.15) is 0 Å². The van der Waals surface area contributed by atoms with Crippen LogP contribution in [0.15, 0.2) is 45.9 Å². The van der Waals surface area contributed by atoms with Crippen LogP contribution in [0.5, 0.6) is 0 Å². The number of anilines is 2. The molecule has 24 heavy (non-hydrogen) atoms. The van der Waals surface area contributed by atoms with Gasteiger partial charge in [-0.15, -0.1) is 0 Å². The number of nitrogens with zero attached hydrogens (tertiary/aromatic N) is 1. The number of hydrogen-bond donors (Lipinski definition) is 1. The van der Waals surface area contributed by atoms with E-state index in [0.717, 1.165) is 12.1 Å². The van der Waals surface area contributed by atoms with Gasteiger partial charge in [0, 0.05) is 24.3 Å². The van der Waals surface area contributed by atoms with Gasteiger partial charge in [0.05, 0.1) is 22.0 Å². The number of rotatable bonds is 5. The first kappa shape index (κ1) is 16.4. The molecule has 2 amide bonds. The second kappa shape index (κ2) is 7.00. The minimum atomic E-state index is -1.45. The van der Waals surface area contributed by atoms with Gasteiger partial charge >= 0.3 is 0 Å². The van der Waals surface area contributed by atoms with E-state index in [4.69, 9.17) is 4.42 Å². The molecule has 1 aliphatic rings. The summed E-state index contributed by atoms with van der Waals surface area (Å²) >= 11 is 0. The van der Waals surface area contributed by atoms with Crippen LogP contribution in [0, 0.1) is 6.92 Å². The summed E-state index contributed by atoms with van der Waals surface area (Å²) in [7, 11) is -1.45. The third-order valence-electron chi connectivity index (χ3n) is 3.83. The fourth-order valence-corrected chi connectivity index (χ4v) is 3.72. The number of carbonyl (C=O) groups is 2. The SMILES string of the molecule is Cc1occc1[S@](=O)CC(=O)Nc1cccc(N2CCCC2=O)c1. The van der Waals surface area contributed by atoms with Crippen LogP contribution in [0.25, 0.3) is 0 Å². The summed E-state index contributed by atoms with van der Waals surface area (Å²) in [6, 6.07) is 8.74. The lowest BCUT2D eigenvalue weighted by molar-refractivity contribution is -0.117. The van der Waals surface area contributed by atoms with Gasteiger partial charge in [0.1, 0.15) is 11.5 Å². The molecule has 7 heteroatoms. The molecule has 2 aromatic rings. The van der Waals surface area contributed by atoms with E-state index < -0.39 is 10.8 Å². The van der Waals surface area contributed by atoms with Crippen LogP contribution in [0.3, 0.4) is 0 Å². The third kappa shape index (κ3) is 3.56. The van der Waals surface area contributed by atoms with Crippen LogP contribution in [0.1, 0.15) is 18.6 Å². The van der Waals surface area contributed by atoms with Crippen molar-refractivity contribution in [1.82, 2.24) is 0 Å². The molecule has 1 atom stereocenters. The molecule has 2 heterocycles. The van der Waals surface area contributed by atoms with E-state index in [1.165, 1.54) is 6.26 Å². The largest absolute Gasteiger partial charge is 0.468 e. The van der Waals surface area contributed by atoms with Gasteiger partial charge in [-0.05, 0) is 37.6 Å². The third-order valence-corrected chi connectivity index (χ3v) is 5.27. The molecule has 3 rings (SSSR count). The average molecular weight is 346 g/mol. The van der Waals surface area contributed by atoms with Crippen LogP contribution in [0.4, 0.5) is 11.4 Å². The maximum Gasteiger partial charge on any atom is 0.237 e. The lowest BCUT2D eigenvalue weighted by Gasteiger charge is -2.16. The van der Waals surface area contributed by atoms with Gasteiger partial charge < -0.3 is 14.6 Å². The molecule has 6 nitrogen and oxygen atoms in total. The highest BCUT2D eigenvalue weighted by Crippen LogP contribution is 2.24. The van der Waals surface area contributed by atoms with Gasteiger partial charge in [-0.25, -0.2) is 0 Å². The first-order chi connectivity index (χ1) is 11.5. The molecule has 1 N–H and O–H groups in total. The normalized spacial score (nSPS) is 15.5. The molecule has 1 aliphatic heterocycles. The Morgan fingerprint density at radius 2 is 2.21 bits per heavy atom. The van der Waals surface area contributed by atoms with E-state index in [9.17, 15) is 13.8 Å². The Balaban J connectivity index is 1.65. The number of benzene rings is 1. The van der Waals surface area contributed by atoms with Gasteiger partial charge in [0.15, 0.2) is 0 Å².